The van der Waals surface area contributed by atoms with Crippen molar-refractivity contribution >= 4 is 21.1 Å². The average Bonchev–Trinajstić information content (AvgIpc) is 2.86. The van der Waals surface area contributed by atoms with Gasteiger partial charge in [-0.25, -0.2) is 17.9 Å². The normalized spacial score (nSPS) is 12.6. The average molecular weight is 332 g/mol. The van der Waals surface area contributed by atoms with Gasteiger partial charge in [0.1, 0.15) is 0 Å². The van der Waals surface area contributed by atoms with Gasteiger partial charge in [0.25, 0.3) is 0 Å². The van der Waals surface area contributed by atoms with Crippen LogP contribution in [-0.4, -0.2) is 23.4 Å². The molecule has 0 amide bonds. The number of aromatic amines is 2. The maximum Gasteiger partial charge on any atom is 0.323 e. The Balaban J connectivity index is 1.98. The molecular formula is C15H16N4O3S. The minimum atomic E-state index is -3.76. The number of sulfonamides is 1. The summed E-state index contributed by atoms with van der Waals surface area (Å²) in [5.74, 6) is 0. The monoisotopic (exact) mass is 332 g/mol. The zero-order valence-corrected chi connectivity index (χ0v) is 13.4. The molecule has 3 rings (SSSR count). The smallest absolute Gasteiger partial charge is 0.306 e. The number of rotatable bonds is 4. The highest BCUT2D eigenvalue weighted by atomic mass is 32.2. The fourth-order valence-electron chi connectivity index (χ4n) is 2.37. The molecule has 0 saturated heterocycles. The lowest BCUT2D eigenvalue weighted by atomic mass is 9.98. The molecule has 120 valence electrons. The highest BCUT2D eigenvalue weighted by Gasteiger charge is 2.28. The SMILES string of the molecule is CC(C)(NS(=O)(=O)c1ccc2[nH]c(=O)[nH]c2c1)c1cccnc1. The van der Waals surface area contributed by atoms with Crippen molar-refractivity contribution in [3.05, 3.63) is 58.8 Å². The van der Waals surface area contributed by atoms with E-state index in [4.69, 9.17) is 0 Å². The van der Waals surface area contributed by atoms with Crippen LogP contribution in [0.4, 0.5) is 0 Å². The molecule has 0 aliphatic heterocycles. The molecule has 0 aliphatic rings. The predicted molar refractivity (Wildman–Crippen MR) is 86.5 cm³/mol. The summed E-state index contributed by atoms with van der Waals surface area (Å²) in [6, 6.07) is 7.99. The second kappa shape index (κ2) is 5.32. The van der Waals surface area contributed by atoms with Crippen molar-refractivity contribution in [2.45, 2.75) is 24.3 Å². The molecule has 23 heavy (non-hydrogen) atoms. The van der Waals surface area contributed by atoms with Crippen LogP contribution >= 0.6 is 0 Å². The van der Waals surface area contributed by atoms with Crippen LogP contribution in [0.3, 0.4) is 0 Å². The summed E-state index contributed by atoms with van der Waals surface area (Å²) in [5, 5.41) is 0. The summed E-state index contributed by atoms with van der Waals surface area (Å²) < 4.78 is 27.9. The van der Waals surface area contributed by atoms with Crippen LogP contribution in [0, 0.1) is 0 Å². The number of hydrogen-bond acceptors (Lipinski definition) is 4. The zero-order valence-electron chi connectivity index (χ0n) is 12.6. The van der Waals surface area contributed by atoms with E-state index in [9.17, 15) is 13.2 Å². The Bertz CT molecular complexity index is 1000. The quantitative estimate of drug-likeness (QED) is 0.672. The molecule has 2 aromatic heterocycles. The molecule has 0 aliphatic carbocycles. The molecule has 0 spiro atoms. The van der Waals surface area contributed by atoms with Gasteiger partial charge in [0.05, 0.1) is 21.5 Å². The van der Waals surface area contributed by atoms with Crippen LogP contribution < -0.4 is 10.4 Å². The molecule has 1 aromatic carbocycles. The molecule has 7 nitrogen and oxygen atoms in total. The van der Waals surface area contributed by atoms with Crippen LogP contribution in [0.1, 0.15) is 19.4 Å². The molecule has 0 bridgehead atoms. The Kier molecular flexibility index (Phi) is 3.57. The Labute approximate surface area is 132 Å². The van der Waals surface area contributed by atoms with Crippen LogP contribution in [0.5, 0.6) is 0 Å². The number of benzene rings is 1. The van der Waals surface area contributed by atoms with Gasteiger partial charge in [0.15, 0.2) is 0 Å². The van der Waals surface area contributed by atoms with Crippen molar-refractivity contribution in [1.82, 2.24) is 19.7 Å². The van der Waals surface area contributed by atoms with Crippen molar-refractivity contribution in [2.75, 3.05) is 0 Å². The summed E-state index contributed by atoms with van der Waals surface area (Å²) in [6.45, 7) is 3.52. The van der Waals surface area contributed by atoms with Gasteiger partial charge in [0, 0.05) is 12.4 Å². The fourth-order valence-corrected chi connectivity index (χ4v) is 3.79. The molecule has 0 fully saturated rings. The molecule has 8 heteroatoms. The second-order valence-electron chi connectivity index (χ2n) is 5.76. The lowest BCUT2D eigenvalue weighted by Gasteiger charge is -2.26. The standard InChI is InChI=1S/C15H16N4O3S/c1-15(2,10-4-3-7-16-9-10)19-23(21,22)11-5-6-12-13(8-11)18-14(20)17-12/h3-9,19H,1-2H3,(H2,17,18,20). The van der Waals surface area contributed by atoms with Gasteiger partial charge in [0.2, 0.25) is 10.0 Å². The lowest BCUT2D eigenvalue weighted by molar-refractivity contribution is 0.471. The summed E-state index contributed by atoms with van der Waals surface area (Å²) in [4.78, 5) is 20.5. The van der Waals surface area contributed by atoms with Gasteiger partial charge in [-0.05, 0) is 43.7 Å². The first-order valence-corrected chi connectivity index (χ1v) is 8.43. The molecule has 0 atom stereocenters. The lowest BCUT2D eigenvalue weighted by Crippen LogP contribution is -2.40. The van der Waals surface area contributed by atoms with E-state index < -0.39 is 15.6 Å². The van der Waals surface area contributed by atoms with Gasteiger partial charge in [-0.3, -0.25) is 4.98 Å². The molecule has 3 N–H and O–H groups in total. The fraction of sp³-hybridized carbons (Fsp3) is 0.200. The van der Waals surface area contributed by atoms with Gasteiger partial charge < -0.3 is 9.97 Å². The number of hydrogen-bond donors (Lipinski definition) is 3. The molecule has 3 aromatic rings. The summed E-state index contributed by atoms with van der Waals surface area (Å²) >= 11 is 0. The summed E-state index contributed by atoms with van der Waals surface area (Å²) in [7, 11) is -3.76. The third-order valence-electron chi connectivity index (χ3n) is 3.57. The van der Waals surface area contributed by atoms with Gasteiger partial charge >= 0.3 is 5.69 Å². The van der Waals surface area contributed by atoms with E-state index in [1.54, 1.807) is 38.4 Å². The minimum Gasteiger partial charge on any atom is -0.306 e. The third-order valence-corrected chi connectivity index (χ3v) is 5.22. The van der Waals surface area contributed by atoms with Crippen molar-refractivity contribution in [2.24, 2.45) is 0 Å². The summed E-state index contributed by atoms with van der Waals surface area (Å²) in [5.41, 5.74) is 0.545. The number of imidazole rings is 1. The largest absolute Gasteiger partial charge is 0.323 e. The van der Waals surface area contributed by atoms with Crippen LogP contribution in [0.25, 0.3) is 11.0 Å². The first-order chi connectivity index (χ1) is 10.8. The van der Waals surface area contributed by atoms with E-state index in [2.05, 4.69) is 19.7 Å². The molecule has 0 saturated carbocycles. The van der Waals surface area contributed by atoms with E-state index in [1.807, 2.05) is 6.07 Å². The number of nitrogens with zero attached hydrogens (tertiary/aromatic N) is 1. The van der Waals surface area contributed by atoms with Crippen LogP contribution in [0.15, 0.2) is 52.4 Å². The van der Waals surface area contributed by atoms with Gasteiger partial charge in [-0.15, -0.1) is 0 Å². The maximum absolute atomic E-state index is 12.6. The number of pyridine rings is 1. The molecule has 0 unspecified atom stereocenters. The van der Waals surface area contributed by atoms with Crippen molar-refractivity contribution in [3.63, 3.8) is 0 Å². The maximum atomic E-state index is 12.6. The molecule has 0 radical (unpaired) electrons. The highest BCUT2D eigenvalue weighted by Crippen LogP contribution is 2.23. The Morgan fingerprint density at radius 2 is 1.87 bits per heavy atom. The predicted octanol–water partition coefficient (Wildman–Crippen LogP) is 1.46. The Morgan fingerprint density at radius 3 is 2.57 bits per heavy atom. The Morgan fingerprint density at radius 1 is 1.13 bits per heavy atom. The highest BCUT2D eigenvalue weighted by molar-refractivity contribution is 7.89. The minimum absolute atomic E-state index is 0.0808. The van der Waals surface area contributed by atoms with Crippen molar-refractivity contribution < 1.29 is 8.42 Å². The third kappa shape index (κ3) is 3.03. The first kappa shape index (κ1) is 15.4. The van der Waals surface area contributed by atoms with Gasteiger partial charge in [-0.1, -0.05) is 6.07 Å². The number of nitrogens with one attached hydrogen (secondary N) is 3. The van der Waals surface area contributed by atoms with Crippen molar-refractivity contribution in [3.8, 4) is 0 Å². The number of aromatic nitrogens is 3. The molecular weight excluding hydrogens is 316 g/mol. The number of H-pyrrole nitrogens is 2. The number of fused-ring (bicyclic) bond motifs is 1. The van der Waals surface area contributed by atoms with E-state index in [-0.39, 0.29) is 10.6 Å². The summed E-state index contributed by atoms with van der Waals surface area (Å²) in [6.07, 6.45) is 3.25. The van der Waals surface area contributed by atoms with Crippen LogP contribution in [0.2, 0.25) is 0 Å². The van der Waals surface area contributed by atoms with E-state index in [0.717, 1.165) is 5.56 Å². The van der Waals surface area contributed by atoms with Crippen molar-refractivity contribution in [1.29, 1.82) is 0 Å². The van der Waals surface area contributed by atoms with E-state index in [0.29, 0.717) is 11.0 Å². The van der Waals surface area contributed by atoms with E-state index >= 15 is 0 Å². The van der Waals surface area contributed by atoms with Crippen LogP contribution in [-0.2, 0) is 15.6 Å². The van der Waals surface area contributed by atoms with Gasteiger partial charge in [-0.2, -0.15) is 0 Å². The zero-order chi connectivity index (χ0) is 16.7. The second-order valence-corrected chi connectivity index (χ2v) is 7.44. The molecule has 2 heterocycles. The topological polar surface area (TPSA) is 108 Å². The first-order valence-electron chi connectivity index (χ1n) is 6.94. The van der Waals surface area contributed by atoms with E-state index in [1.165, 1.54) is 12.1 Å². The Hall–Kier alpha value is -2.45.